The van der Waals surface area contributed by atoms with Gasteiger partial charge in [-0.1, -0.05) is 24.2 Å². The zero-order valence-electron chi connectivity index (χ0n) is 12.2. The molecule has 1 heterocycles. The highest BCUT2D eigenvalue weighted by atomic mass is 32.1. The quantitative estimate of drug-likeness (QED) is 0.867. The third-order valence-electron chi connectivity index (χ3n) is 4.13. The lowest BCUT2D eigenvalue weighted by Crippen LogP contribution is -2.23. The molecule has 3 nitrogen and oxygen atoms in total. The zero-order valence-corrected chi connectivity index (χ0v) is 13.0. The van der Waals surface area contributed by atoms with E-state index in [-0.39, 0.29) is 0 Å². The number of ether oxygens (including phenoxy) is 1. The fourth-order valence-electron chi connectivity index (χ4n) is 2.99. The number of nitrogens with one attached hydrogen (secondary N) is 1. The molecule has 0 amide bonds. The van der Waals surface area contributed by atoms with E-state index in [1.165, 1.54) is 30.4 Å². The fraction of sp³-hybridized carbons (Fsp3) is 0.562. The van der Waals surface area contributed by atoms with Crippen LogP contribution >= 0.6 is 11.3 Å². The van der Waals surface area contributed by atoms with Crippen molar-refractivity contribution in [2.24, 2.45) is 5.92 Å². The van der Waals surface area contributed by atoms with Gasteiger partial charge in [-0.05, 0) is 50.8 Å². The molecule has 0 aliphatic heterocycles. The summed E-state index contributed by atoms with van der Waals surface area (Å²) in [6.45, 7) is 4.99. The van der Waals surface area contributed by atoms with E-state index in [2.05, 4.69) is 23.3 Å². The molecule has 0 radical (unpaired) electrons. The lowest BCUT2D eigenvalue weighted by Gasteiger charge is -2.19. The molecule has 1 saturated carbocycles. The van der Waals surface area contributed by atoms with Crippen molar-refractivity contribution in [2.75, 3.05) is 11.9 Å². The highest BCUT2D eigenvalue weighted by molar-refractivity contribution is 7.22. The van der Waals surface area contributed by atoms with Gasteiger partial charge in [-0.25, -0.2) is 4.98 Å². The van der Waals surface area contributed by atoms with Crippen LogP contribution in [0.1, 0.15) is 39.5 Å². The van der Waals surface area contributed by atoms with Gasteiger partial charge in [-0.2, -0.15) is 0 Å². The zero-order chi connectivity index (χ0) is 13.9. The Morgan fingerprint density at radius 1 is 1.40 bits per heavy atom. The molecular weight excluding hydrogens is 268 g/mol. The summed E-state index contributed by atoms with van der Waals surface area (Å²) in [5, 5.41) is 4.63. The number of hydrogen-bond donors (Lipinski definition) is 1. The minimum Gasteiger partial charge on any atom is -0.494 e. The number of thiazole rings is 1. The van der Waals surface area contributed by atoms with Crippen LogP contribution in [0.15, 0.2) is 18.2 Å². The minimum absolute atomic E-state index is 0.518. The molecule has 1 N–H and O–H groups in total. The first-order chi connectivity index (χ1) is 9.76. The number of anilines is 1. The monoisotopic (exact) mass is 290 g/mol. The van der Waals surface area contributed by atoms with E-state index < -0.39 is 0 Å². The van der Waals surface area contributed by atoms with Crippen LogP contribution in [0.2, 0.25) is 0 Å². The second-order valence-electron chi connectivity index (χ2n) is 5.56. The van der Waals surface area contributed by atoms with Crippen molar-refractivity contribution in [3.05, 3.63) is 18.2 Å². The largest absolute Gasteiger partial charge is 0.494 e. The predicted molar refractivity (Wildman–Crippen MR) is 85.8 cm³/mol. The van der Waals surface area contributed by atoms with Crippen molar-refractivity contribution < 1.29 is 4.74 Å². The molecule has 1 unspecified atom stereocenters. The third kappa shape index (κ3) is 2.90. The number of hydrogen-bond acceptors (Lipinski definition) is 4. The summed E-state index contributed by atoms with van der Waals surface area (Å²) >= 11 is 1.72. The predicted octanol–water partition coefficient (Wildman–Crippen LogP) is 4.69. The highest BCUT2D eigenvalue weighted by Crippen LogP contribution is 2.33. The Hall–Kier alpha value is -1.29. The van der Waals surface area contributed by atoms with E-state index in [0.29, 0.717) is 12.6 Å². The van der Waals surface area contributed by atoms with Crippen molar-refractivity contribution in [3.8, 4) is 5.75 Å². The van der Waals surface area contributed by atoms with Gasteiger partial charge in [0.1, 0.15) is 5.75 Å². The molecule has 0 bridgehead atoms. The van der Waals surface area contributed by atoms with Crippen LogP contribution in [0.4, 0.5) is 5.13 Å². The summed E-state index contributed by atoms with van der Waals surface area (Å²) in [5.41, 5.74) is 1.06. The van der Waals surface area contributed by atoms with E-state index in [1.54, 1.807) is 11.3 Å². The molecule has 2 aromatic rings. The lowest BCUT2D eigenvalue weighted by molar-refractivity contribution is 0.341. The maximum absolute atomic E-state index is 5.54. The fourth-order valence-corrected chi connectivity index (χ4v) is 3.98. The summed E-state index contributed by atoms with van der Waals surface area (Å²) in [4.78, 5) is 4.68. The molecule has 0 saturated heterocycles. The maximum atomic E-state index is 5.54. The first kappa shape index (κ1) is 13.7. The molecule has 108 valence electrons. The minimum atomic E-state index is 0.518. The topological polar surface area (TPSA) is 34.1 Å². The van der Waals surface area contributed by atoms with Crippen molar-refractivity contribution >= 4 is 26.7 Å². The van der Waals surface area contributed by atoms with E-state index >= 15 is 0 Å². The number of nitrogens with zero attached hydrogens (tertiary/aromatic N) is 1. The van der Waals surface area contributed by atoms with Crippen molar-refractivity contribution in [1.82, 2.24) is 4.98 Å². The molecule has 0 spiro atoms. The molecule has 1 aliphatic carbocycles. The van der Waals surface area contributed by atoms with E-state index in [1.807, 2.05) is 19.1 Å². The second-order valence-corrected chi connectivity index (χ2v) is 6.59. The van der Waals surface area contributed by atoms with E-state index in [9.17, 15) is 0 Å². The van der Waals surface area contributed by atoms with Crippen LogP contribution in [-0.2, 0) is 0 Å². The van der Waals surface area contributed by atoms with E-state index in [0.717, 1.165) is 22.3 Å². The van der Waals surface area contributed by atoms with Crippen LogP contribution in [0.25, 0.3) is 10.2 Å². The molecule has 20 heavy (non-hydrogen) atoms. The van der Waals surface area contributed by atoms with Gasteiger partial charge in [0.25, 0.3) is 0 Å². The second kappa shape index (κ2) is 6.00. The Balaban J connectivity index is 1.74. The summed E-state index contributed by atoms with van der Waals surface area (Å²) in [6.07, 6.45) is 5.48. The third-order valence-corrected chi connectivity index (χ3v) is 5.08. The Morgan fingerprint density at radius 3 is 2.95 bits per heavy atom. The standard InChI is InChI=1S/C16H22N2OS/c1-3-19-13-8-9-14-15(10-13)20-16(18-14)17-11(2)12-6-4-5-7-12/h8-12H,3-7H2,1-2H3,(H,17,18). The van der Waals surface area contributed by atoms with Crippen LogP contribution in [-0.4, -0.2) is 17.6 Å². The van der Waals surface area contributed by atoms with Gasteiger partial charge in [0.2, 0.25) is 0 Å². The van der Waals surface area contributed by atoms with Gasteiger partial charge in [0, 0.05) is 6.04 Å². The first-order valence-electron chi connectivity index (χ1n) is 7.56. The highest BCUT2D eigenvalue weighted by Gasteiger charge is 2.22. The molecule has 4 heteroatoms. The SMILES string of the molecule is CCOc1ccc2nc(NC(C)C3CCCC3)sc2c1. The molecule has 1 aliphatic rings. The number of aromatic nitrogens is 1. The molecule has 3 rings (SSSR count). The van der Waals surface area contributed by atoms with Crippen molar-refractivity contribution in [3.63, 3.8) is 0 Å². The Bertz CT molecular complexity index is 575. The van der Waals surface area contributed by atoms with Gasteiger partial charge in [0.05, 0.1) is 16.8 Å². The summed E-state index contributed by atoms with van der Waals surface area (Å²) in [7, 11) is 0. The average molecular weight is 290 g/mol. The molecular formula is C16H22N2OS. The number of fused-ring (bicyclic) bond motifs is 1. The summed E-state index contributed by atoms with van der Waals surface area (Å²) in [5.74, 6) is 1.74. The Labute approximate surface area is 124 Å². The maximum Gasteiger partial charge on any atom is 0.184 e. The molecule has 1 aromatic carbocycles. The molecule has 1 aromatic heterocycles. The van der Waals surface area contributed by atoms with Crippen LogP contribution in [0.5, 0.6) is 5.75 Å². The Morgan fingerprint density at radius 2 is 2.20 bits per heavy atom. The van der Waals surface area contributed by atoms with Crippen LogP contribution < -0.4 is 10.1 Å². The van der Waals surface area contributed by atoms with Crippen molar-refractivity contribution in [1.29, 1.82) is 0 Å². The molecule has 1 atom stereocenters. The number of rotatable bonds is 5. The molecule has 1 fully saturated rings. The average Bonchev–Trinajstić information content (AvgIpc) is 3.06. The summed E-state index contributed by atoms with van der Waals surface area (Å²) < 4.78 is 6.74. The van der Waals surface area contributed by atoms with Crippen LogP contribution in [0.3, 0.4) is 0 Å². The number of benzene rings is 1. The van der Waals surface area contributed by atoms with Crippen molar-refractivity contribution in [2.45, 2.75) is 45.6 Å². The van der Waals surface area contributed by atoms with Crippen LogP contribution in [0, 0.1) is 5.92 Å². The van der Waals surface area contributed by atoms with Gasteiger partial charge >= 0.3 is 0 Å². The lowest BCUT2D eigenvalue weighted by atomic mass is 10.0. The normalized spacial score (nSPS) is 17.5. The Kier molecular flexibility index (Phi) is 4.10. The smallest absolute Gasteiger partial charge is 0.184 e. The summed E-state index contributed by atoms with van der Waals surface area (Å²) in [6, 6.07) is 6.64. The van der Waals surface area contributed by atoms with Gasteiger partial charge in [-0.15, -0.1) is 0 Å². The van der Waals surface area contributed by atoms with Gasteiger partial charge in [-0.3, -0.25) is 0 Å². The van der Waals surface area contributed by atoms with Gasteiger partial charge in [0.15, 0.2) is 5.13 Å². The first-order valence-corrected chi connectivity index (χ1v) is 8.38. The van der Waals surface area contributed by atoms with E-state index in [4.69, 9.17) is 4.74 Å². The van der Waals surface area contributed by atoms with Gasteiger partial charge < -0.3 is 10.1 Å².